The SMILES string of the molecule is COc1ccc2c(CC(=O)O[C@@H](C)C(=O)N[C@H]3CCCc4ccccc43)coc2c1. The molecule has 1 amide bonds. The average molecular weight is 407 g/mol. The summed E-state index contributed by atoms with van der Waals surface area (Å²) in [6.45, 7) is 1.60. The number of furan rings is 1. The van der Waals surface area contributed by atoms with Gasteiger partial charge < -0.3 is 19.2 Å². The lowest BCUT2D eigenvalue weighted by atomic mass is 9.87. The van der Waals surface area contributed by atoms with Crippen LogP contribution in [0.5, 0.6) is 5.75 Å². The van der Waals surface area contributed by atoms with Crippen molar-refractivity contribution >= 4 is 22.8 Å². The van der Waals surface area contributed by atoms with Gasteiger partial charge in [0.15, 0.2) is 6.10 Å². The number of nitrogens with one attached hydrogen (secondary N) is 1. The van der Waals surface area contributed by atoms with Gasteiger partial charge in [-0.1, -0.05) is 24.3 Å². The minimum atomic E-state index is -0.871. The summed E-state index contributed by atoms with van der Waals surface area (Å²) >= 11 is 0. The van der Waals surface area contributed by atoms with E-state index in [9.17, 15) is 9.59 Å². The predicted molar refractivity (Wildman–Crippen MR) is 112 cm³/mol. The van der Waals surface area contributed by atoms with Gasteiger partial charge in [-0.3, -0.25) is 9.59 Å². The fraction of sp³-hybridized carbons (Fsp3) is 0.333. The molecule has 6 heteroatoms. The van der Waals surface area contributed by atoms with Gasteiger partial charge in [0.25, 0.3) is 5.91 Å². The highest BCUT2D eigenvalue weighted by Gasteiger charge is 2.25. The van der Waals surface area contributed by atoms with Crippen LogP contribution in [0, 0.1) is 0 Å². The maximum atomic E-state index is 12.6. The van der Waals surface area contributed by atoms with Crippen molar-refractivity contribution in [2.24, 2.45) is 0 Å². The quantitative estimate of drug-likeness (QED) is 0.622. The number of fused-ring (bicyclic) bond motifs is 2. The Balaban J connectivity index is 1.36. The number of amides is 1. The minimum Gasteiger partial charge on any atom is -0.497 e. The molecule has 1 heterocycles. The van der Waals surface area contributed by atoms with Gasteiger partial charge in [0.1, 0.15) is 11.3 Å². The largest absolute Gasteiger partial charge is 0.497 e. The van der Waals surface area contributed by atoms with E-state index in [1.165, 1.54) is 11.8 Å². The molecule has 3 aromatic rings. The second kappa shape index (κ2) is 8.61. The van der Waals surface area contributed by atoms with Gasteiger partial charge in [-0.05, 0) is 49.4 Å². The van der Waals surface area contributed by atoms with Crippen LogP contribution in [0.2, 0.25) is 0 Å². The summed E-state index contributed by atoms with van der Waals surface area (Å²) in [5, 5.41) is 3.86. The molecule has 1 aliphatic carbocycles. The van der Waals surface area contributed by atoms with E-state index < -0.39 is 12.1 Å². The molecule has 0 fully saturated rings. The highest BCUT2D eigenvalue weighted by molar-refractivity contribution is 5.88. The second-order valence-electron chi connectivity index (χ2n) is 7.58. The molecule has 0 saturated carbocycles. The Morgan fingerprint density at radius 1 is 1.23 bits per heavy atom. The van der Waals surface area contributed by atoms with Crippen LogP contribution in [0.25, 0.3) is 11.0 Å². The molecule has 0 bridgehead atoms. The van der Waals surface area contributed by atoms with E-state index in [-0.39, 0.29) is 18.4 Å². The van der Waals surface area contributed by atoms with Gasteiger partial charge in [-0.15, -0.1) is 0 Å². The Labute approximate surface area is 175 Å². The Morgan fingerprint density at radius 2 is 2.07 bits per heavy atom. The second-order valence-corrected chi connectivity index (χ2v) is 7.58. The third-order valence-corrected chi connectivity index (χ3v) is 5.56. The highest BCUT2D eigenvalue weighted by Crippen LogP contribution is 2.29. The Morgan fingerprint density at radius 3 is 2.90 bits per heavy atom. The van der Waals surface area contributed by atoms with Crippen molar-refractivity contribution in [3.63, 3.8) is 0 Å². The molecule has 0 aliphatic heterocycles. The van der Waals surface area contributed by atoms with E-state index in [4.69, 9.17) is 13.9 Å². The number of esters is 1. The van der Waals surface area contributed by atoms with E-state index in [1.54, 1.807) is 20.1 Å². The number of aryl methyl sites for hydroxylation is 1. The van der Waals surface area contributed by atoms with Gasteiger partial charge in [-0.2, -0.15) is 0 Å². The average Bonchev–Trinajstić information content (AvgIpc) is 3.15. The van der Waals surface area contributed by atoms with Crippen molar-refractivity contribution in [1.82, 2.24) is 5.32 Å². The number of benzene rings is 2. The molecular weight excluding hydrogens is 382 g/mol. The lowest BCUT2D eigenvalue weighted by molar-refractivity contribution is -0.154. The smallest absolute Gasteiger partial charge is 0.311 e. The molecule has 6 nitrogen and oxygen atoms in total. The zero-order valence-electron chi connectivity index (χ0n) is 17.1. The van der Waals surface area contributed by atoms with E-state index >= 15 is 0 Å². The number of carbonyl (C=O) groups is 2. The summed E-state index contributed by atoms with van der Waals surface area (Å²) in [6.07, 6.45) is 3.63. The maximum Gasteiger partial charge on any atom is 0.311 e. The van der Waals surface area contributed by atoms with Crippen molar-refractivity contribution in [2.75, 3.05) is 7.11 Å². The van der Waals surface area contributed by atoms with E-state index in [0.717, 1.165) is 30.2 Å². The zero-order chi connectivity index (χ0) is 21.1. The topological polar surface area (TPSA) is 77.8 Å². The molecule has 4 rings (SSSR count). The summed E-state index contributed by atoms with van der Waals surface area (Å²) < 4.78 is 16.1. The first-order chi connectivity index (χ1) is 14.5. The van der Waals surface area contributed by atoms with Crippen molar-refractivity contribution in [3.05, 3.63) is 65.4 Å². The summed E-state index contributed by atoms with van der Waals surface area (Å²) in [7, 11) is 1.58. The van der Waals surface area contributed by atoms with Crippen LogP contribution in [-0.2, 0) is 27.2 Å². The van der Waals surface area contributed by atoms with Crippen molar-refractivity contribution in [3.8, 4) is 5.75 Å². The summed E-state index contributed by atoms with van der Waals surface area (Å²) in [5.74, 6) is -0.0763. The summed E-state index contributed by atoms with van der Waals surface area (Å²) in [5.41, 5.74) is 3.77. The third-order valence-electron chi connectivity index (χ3n) is 5.56. The highest BCUT2D eigenvalue weighted by atomic mass is 16.5. The van der Waals surface area contributed by atoms with Crippen LogP contribution in [0.1, 0.15) is 42.5 Å². The minimum absolute atomic E-state index is 0.0310. The third kappa shape index (κ3) is 4.17. The van der Waals surface area contributed by atoms with Gasteiger partial charge in [0, 0.05) is 17.0 Å². The van der Waals surface area contributed by atoms with Crippen LogP contribution in [0.3, 0.4) is 0 Å². The number of rotatable bonds is 6. The first kappa shape index (κ1) is 20.0. The van der Waals surface area contributed by atoms with Crippen molar-refractivity contribution < 1.29 is 23.5 Å². The molecular formula is C24H25NO5. The Bertz CT molecular complexity index is 1070. The standard InChI is InChI=1S/C24H25NO5/c1-15(24(27)25-21-9-5-7-16-6-3-4-8-19(16)21)30-23(26)12-17-14-29-22-13-18(28-2)10-11-20(17)22/h3-4,6,8,10-11,13-15,21H,5,7,9,12H2,1-2H3,(H,25,27)/t15-,21-/m0/s1. The maximum absolute atomic E-state index is 12.6. The fourth-order valence-electron chi connectivity index (χ4n) is 3.97. The molecule has 0 unspecified atom stereocenters. The van der Waals surface area contributed by atoms with Crippen LogP contribution in [0.4, 0.5) is 0 Å². The van der Waals surface area contributed by atoms with Crippen molar-refractivity contribution in [2.45, 2.75) is 44.8 Å². The lowest BCUT2D eigenvalue weighted by Crippen LogP contribution is -2.39. The van der Waals surface area contributed by atoms with Gasteiger partial charge >= 0.3 is 5.97 Å². The number of hydrogen-bond acceptors (Lipinski definition) is 5. The number of ether oxygens (including phenoxy) is 2. The monoisotopic (exact) mass is 407 g/mol. The Hall–Kier alpha value is -3.28. The molecule has 2 aromatic carbocycles. The van der Waals surface area contributed by atoms with E-state index in [2.05, 4.69) is 17.4 Å². The number of hydrogen-bond donors (Lipinski definition) is 1. The molecule has 0 spiro atoms. The molecule has 156 valence electrons. The molecule has 1 aromatic heterocycles. The van der Waals surface area contributed by atoms with Gasteiger partial charge in [0.05, 0.1) is 25.8 Å². The van der Waals surface area contributed by atoms with Gasteiger partial charge in [-0.25, -0.2) is 0 Å². The molecule has 1 N–H and O–H groups in total. The van der Waals surface area contributed by atoms with Crippen LogP contribution >= 0.6 is 0 Å². The lowest BCUT2D eigenvalue weighted by Gasteiger charge is -2.27. The van der Waals surface area contributed by atoms with Crippen LogP contribution < -0.4 is 10.1 Å². The molecule has 1 aliphatic rings. The first-order valence-corrected chi connectivity index (χ1v) is 10.2. The Kier molecular flexibility index (Phi) is 5.74. The first-order valence-electron chi connectivity index (χ1n) is 10.2. The molecule has 2 atom stereocenters. The van der Waals surface area contributed by atoms with Crippen molar-refractivity contribution in [1.29, 1.82) is 0 Å². The normalized spacial score (nSPS) is 16.5. The number of methoxy groups -OCH3 is 1. The zero-order valence-corrected chi connectivity index (χ0v) is 17.1. The number of carbonyl (C=O) groups excluding carboxylic acids is 2. The van der Waals surface area contributed by atoms with E-state index in [1.807, 2.05) is 24.3 Å². The van der Waals surface area contributed by atoms with E-state index in [0.29, 0.717) is 16.9 Å². The predicted octanol–water partition coefficient (Wildman–Crippen LogP) is 4.11. The van der Waals surface area contributed by atoms with Gasteiger partial charge in [0.2, 0.25) is 0 Å². The van der Waals surface area contributed by atoms with Crippen LogP contribution in [0.15, 0.2) is 53.1 Å². The summed E-state index contributed by atoms with van der Waals surface area (Å²) in [4.78, 5) is 25.0. The van der Waals surface area contributed by atoms with Crippen LogP contribution in [-0.4, -0.2) is 25.1 Å². The molecule has 0 saturated heterocycles. The summed E-state index contributed by atoms with van der Waals surface area (Å²) in [6, 6.07) is 13.5. The fourth-order valence-corrected chi connectivity index (χ4v) is 3.97. The molecule has 0 radical (unpaired) electrons. The molecule has 30 heavy (non-hydrogen) atoms.